The summed E-state index contributed by atoms with van der Waals surface area (Å²) in [5.41, 5.74) is 9.74. The van der Waals surface area contributed by atoms with Gasteiger partial charge in [0, 0.05) is 37.0 Å². The lowest BCUT2D eigenvalue weighted by molar-refractivity contribution is 0.0949. The minimum atomic E-state index is -0.0619. The van der Waals surface area contributed by atoms with Crippen molar-refractivity contribution in [3.8, 4) is 11.1 Å². The van der Waals surface area contributed by atoms with Crippen molar-refractivity contribution >= 4 is 11.7 Å². The summed E-state index contributed by atoms with van der Waals surface area (Å²) in [7, 11) is 0. The summed E-state index contributed by atoms with van der Waals surface area (Å²) >= 11 is 0. The fourth-order valence-electron chi connectivity index (χ4n) is 3.95. The van der Waals surface area contributed by atoms with Gasteiger partial charge in [0.05, 0.1) is 0 Å². The molecule has 1 atom stereocenters. The Kier molecular flexibility index (Phi) is 5.86. The molecule has 1 saturated heterocycles. The lowest BCUT2D eigenvalue weighted by atomic mass is 9.99. The number of nitrogens with zero attached hydrogens (tertiary/aromatic N) is 2. The van der Waals surface area contributed by atoms with Gasteiger partial charge < -0.3 is 16.0 Å². The monoisotopic (exact) mass is 386 g/mol. The molecular formula is C24H26N4O. The summed E-state index contributed by atoms with van der Waals surface area (Å²) in [6, 6.07) is 21.9. The first-order chi connectivity index (χ1) is 14.2. The van der Waals surface area contributed by atoms with Crippen LogP contribution in [0, 0.1) is 0 Å². The number of anilines is 1. The van der Waals surface area contributed by atoms with Gasteiger partial charge in [-0.15, -0.1) is 0 Å². The molecule has 148 valence electrons. The molecule has 0 aliphatic carbocycles. The third-order valence-electron chi connectivity index (χ3n) is 5.53. The van der Waals surface area contributed by atoms with Crippen LogP contribution in [0.2, 0.25) is 0 Å². The molecule has 2 heterocycles. The van der Waals surface area contributed by atoms with E-state index in [4.69, 9.17) is 5.73 Å². The van der Waals surface area contributed by atoms with E-state index in [0.717, 1.165) is 30.8 Å². The number of nitrogens with two attached hydrogens (primary N) is 1. The zero-order chi connectivity index (χ0) is 20.1. The van der Waals surface area contributed by atoms with Crippen molar-refractivity contribution in [1.29, 1.82) is 0 Å². The molecule has 1 amide bonds. The lowest BCUT2D eigenvalue weighted by Gasteiger charge is -2.16. The molecule has 1 aliphatic heterocycles. The van der Waals surface area contributed by atoms with E-state index >= 15 is 0 Å². The van der Waals surface area contributed by atoms with Gasteiger partial charge in [0.25, 0.3) is 5.91 Å². The highest BCUT2D eigenvalue weighted by Crippen LogP contribution is 2.26. The Morgan fingerprint density at radius 1 is 1.10 bits per heavy atom. The Labute approximate surface area is 171 Å². The topological polar surface area (TPSA) is 71.2 Å². The van der Waals surface area contributed by atoms with Gasteiger partial charge in [0.15, 0.2) is 0 Å². The maximum atomic E-state index is 12.6. The Morgan fingerprint density at radius 3 is 2.79 bits per heavy atom. The van der Waals surface area contributed by atoms with Crippen molar-refractivity contribution in [2.75, 3.05) is 31.9 Å². The Bertz CT molecular complexity index is 973. The zero-order valence-corrected chi connectivity index (χ0v) is 16.4. The maximum Gasteiger partial charge on any atom is 0.251 e. The smallest absolute Gasteiger partial charge is 0.251 e. The third-order valence-corrected chi connectivity index (χ3v) is 5.53. The van der Waals surface area contributed by atoms with Crippen LogP contribution in [0.3, 0.4) is 0 Å². The van der Waals surface area contributed by atoms with Crippen LogP contribution in [0.4, 0.5) is 5.82 Å². The second kappa shape index (κ2) is 8.88. The molecule has 29 heavy (non-hydrogen) atoms. The predicted molar refractivity (Wildman–Crippen MR) is 117 cm³/mol. The first kappa shape index (κ1) is 19.2. The fourth-order valence-corrected chi connectivity index (χ4v) is 3.95. The highest BCUT2D eigenvalue weighted by Gasteiger charge is 2.23. The number of hydrogen-bond donors (Lipinski definition) is 2. The van der Waals surface area contributed by atoms with Crippen molar-refractivity contribution in [1.82, 2.24) is 15.2 Å². The number of carbonyl (C=O) groups excluding carboxylic acids is 1. The summed E-state index contributed by atoms with van der Waals surface area (Å²) in [5, 5.41) is 3.05. The van der Waals surface area contributed by atoms with E-state index in [1.54, 1.807) is 6.20 Å². The number of pyridine rings is 1. The standard InChI is InChI=1S/C24H26N4O/c25-23-22(10-5-12-26-23)19-8-4-9-20(16-19)24(29)27-13-15-28-14-11-21(17-28)18-6-2-1-3-7-18/h1-10,12,16,21H,11,13-15,17H2,(H2,25,26)(H,27,29)/t21-/m1/s1. The van der Waals surface area contributed by atoms with Gasteiger partial charge in [0.2, 0.25) is 0 Å². The molecule has 0 spiro atoms. The van der Waals surface area contributed by atoms with Gasteiger partial charge in [-0.3, -0.25) is 4.79 Å². The van der Waals surface area contributed by atoms with Gasteiger partial charge >= 0.3 is 0 Å². The van der Waals surface area contributed by atoms with Gasteiger partial charge in [0.1, 0.15) is 5.82 Å². The average Bonchev–Trinajstić information content (AvgIpc) is 3.24. The Hall–Kier alpha value is -3.18. The van der Waals surface area contributed by atoms with Gasteiger partial charge in [-0.05, 0) is 54.3 Å². The first-order valence-corrected chi connectivity index (χ1v) is 10.1. The second-order valence-corrected chi connectivity index (χ2v) is 7.47. The molecular weight excluding hydrogens is 360 g/mol. The predicted octanol–water partition coefficient (Wildman–Crippen LogP) is 3.55. The maximum absolute atomic E-state index is 12.6. The summed E-state index contributed by atoms with van der Waals surface area (Å²) in [6.07, 6.45) is 2.84. The van der Waals surface area contributed by atoms with E-state index in [9.17, 15) is 4.79 Å². The number of rotatable bonds is 6. The van der Waals surface area contributed by atoms with Gasteiger partial charge in [-0.25, -0.2) is 4.98 Å². The van der Waals surface area contributed by atoms with Crippen molar-refractivity contribution in [3.05, 3.63) is 84.1 Å². The zero-order valence-electron chi connectivity index (χ0n) is 16.4. The first-order valence-electron chi connectivity index (χ1n) is 10.1. The fraction of sp³-hybridized carbons (Fsp3) is 0.250. The number of hydrogen-bond acceptors (Lipinski definition) is 4. The minimum Gasteiger partial charge on any atom is -0.383 e. The number of nitrogen functional groups attached to an aromatic ring is 1. The number of carbonyl (C=O) groups is 1. The van der Waals surface area contributed by atoms with Crippen LogP contribution in [-0.4, -0.2) is 42.0 Å². The number of likely N-dealkylation sites (tertiary alicyclic amines) is 1. The van der Waals surface area contributed by atoms with Crippen LogP contribution in [-0.2, 0) is 0 Å². The third kappa shape index (κ3) is 4.63. The van der Waals surface area contributed by atoms with E-state index < -0.39 is 0 Å². The highest BCUT2D eigenvalue weighted by atomic mass is 16.1. The second-order valence-electron chi connectivity index (χ2n) is 7.47. The molecule has 2 aromatic carbocycles. The molecule has 5 heteroatoms. The number of aromatic nitrogens is 1. The summed E-state index contributed by atoms with van der Waals surface area (Å²) < 4.78 is 0. The molecule has 1 fully saturated rings. The molecule has 0 bridgehead atoms. The lowest BCUT2D eigenvalue weighted by Crippen LogP contribution is -2.33. The van der Waals surface area contributed by atoms with Crippen molar-refractivity contribution < 1.29 is 4.79 Å². The van der Waals surface area contributed by atoms with Crippen LogP contribution >= 0.6 is 0 Å². The molecule has 3 N–H and O–H groups in total. The number of nitrogens with one attached hydrogen (secondary N) is 1. The molecule has 3 aromatic rings. The molecule has 5 nitrogen and oxygen atoms in total. The Balaban J connectivity index is 1.31. The summed E-state index contributed by atoms with van der Waals surface area (Å²) in [5.74, 6) is 0.994. The van der Waals surface area contributed by atoms with Crippen molar-refractivity contribution in [2.45, 2.75) is 12.3 Å². The van der Waals surface area contributed by atoms with E-state index in [-0.39, 0.29) is 5.91 Å². The molecule has 0 radical (unpaired) electrons. The van der Waals surface area contributed by atoms with Crippen LogP contribution < -0.4 is 11.1 Å². The van der Waals surface area contributed by atoms with E-state index in [1.807, 2.05) is 36.4 Å². The summed E-state index contributed by atoms with van der Waals surface area (Å²) in [4.78, 5) is 19.1. The molecule has 4 rings (SSSR count). The van der Waals surface area contributed by atoms with E-state index in [1.165, 1.54) is 12.0 Å². The molecule has 0 unspecified atom stereocenters. The van der Waals surface area contributed by atoms with Gasteiger partial charge in [-0.1, -0.05) is 42.5 Å². The SMILES string of the molecule is Nc1ncccc1-c1cccc(C(=O)NCCN2CC[C@@H](c3ccccc3)C2)c1. The highest BCUT2D eigenvalue weighted by molar-refractivity contribution is 5.95. The van der Waals surface area contributed by atoms with Crippen LogP contribution in [0.15, 0.2) is 72.9 Å². The Morgan fingerprint density at radius 2 is 1.97 bits per heavy atom. The quantitative estimate of drug-likeness (QED) is 0.680. The van der Waals surface area contributed by atoms with Crippen LogP contribution in [0.25, 0.3) is 11.1 Å². The summed E-state index contributed by atoms with van der Waals surface area (Å²) in [6.45, 7) is 3.63. The number of amides is 1. The van der Waals surface area contributed by atoms with Crippen LogP contribution in [0.5, 0.6) is 0 Å². The molecule has 1 aliphatic rings. The normalized spacial score (nSPS) is 16.6. The minimum absolute atomic E-state index is 0.0619. The average molecular weight is 386 g/mol. The van der Waals surface area contributed by atoms with Crippen molar-refractivity contribution in [2.24, 2.45) is 0 Å². The van der Waals surface area contributed by atoms with E-state index in [2.05, 4.69) is 45.5 Å². The van der Waals surface area contributed by atoms with Crippen molar-refractivity contribution in [3.63, 3.8) is 0 Å². The molecule has 0 saturated carbocycles. The van der Waals surface area contributed by atoms with Crippen LogP contribution in [0.1, 0.15) is 28.3 Å². The molecule has 1 aromatic heterocycles. The number of benzene rings is 2. The van der Waals surface area contributed by atoms with Gasteiger partial charge in [-0.2, -0.15) is 0 Å². The largest absolute Gasteiger partial charge is 0.383 e. The van der Waals surface area contributed by atoms with E-state index in [0.29, 0.717) is 23.8 Å².